The predicted octanol–water partition coefficient (Wildman–Crippen LogP) is 2.07. The molecule has 0 radical (unpaired) electrons. The molecule has 0 fully saturated rings. The summed E-state index contributed by atoms with van der Waals surface area (Å²) in [6.07, 6.45) is 0.0949. The number of aliphatic carboxylic acids is 1. The van der Waals surface area contributed by atoms with Gasteiger partial charge in [0.2, 0.25) is 0 Å². The Morgan fingerprint density at radius 1 is 1.53 bits per heavy atom. The van der Waals surface area contributed by atoms with Crippen molar-refractivity contribution >= 4 is 17.6 Å². The number of hydrogen-bond acceptors (Lipinski definition) is 3. The van der Waals surface area contributed by atoms with Gasteiger partial charge in [0.05, 0.1) is 12.1 Å². The van der Waals surface area contributed by atoms with Gasteiger partial charge in [-0.2, -0.15) is 0 Å². The van der Waals surface area contributed by atoms with Gasteiger partial charge in [0.15, 0.2) is 0 Å². The zero-order chi connectivity index (χ0) is 11.4. The van der Waals surface area contributed by atoms with E-state index in [0.717, 1.165) is 0 Å². The summed E-state index contributed by atoms with van der Waals surface area (Å²) >= 11 is 5.92. The third kappa shape index (κ3) is 2.76. The lowest BCUT2D eigenvalue weighted by atomic mass is 10.1. The minimum absolute atomic E-state index is 0.0120. The Bertz CT molecular complexity index is 376. The molecule has 0 aliphatic heterocycles. The molecule has 0 unspecified atom stereocenters. The molecule has 4 nitrogen and oxygen atoms in total. The molecule has 5 heteroatoms. The summed E-state index contributed by atoms with van der Waals surface area (Å²) in [5.41, 5.74) is 0.401. The number of benzene rings is 1. The molecule has 15 heavy (non-hydrogen) atoms. The van der Waals surface area contributed by atoms with Gasteiger partial charge < -0.3 is 14.9 Å². The van der Waals surface area contributed by atoms with Crippen LogP contribution in [-0.2, 0) is 11.2 Å². The fraction of sp³-hybridized carbons (Fsp3) is 0.300. The van der Waals surface area contributed by atoms with E-state index in [9.17, 15) is 9.90 Å². The molecule has 0 aromatic heterocycles. The van der Waals surface area contributed by atoms with Crippen LogP contribution in [0, 0.1) is 0 Å². The first kappa shape index (κ1) is 11.7. The molecule has 0 aliphatic carbocycles. The van der Waals surface area contributed by atoms with Crippen LogP contribution in [0.5, 0.6) is 11.5 Å². The SMILES string of the molecule is COc1ccc(O)c(CCC(=O)O)c1Cl. The summed E-state index contributed by atoms with van der Waals surface area (Å²) in [4.78, 5) is 10.4. The Labute approximate surface area is 92.1 Å². The van der Waals surface area contributed by atoms with Crippen LogP contribution >= 0.6 is 11.6 Å². The Balaban J connectivity index is 2.98. The van der Waals surface area contributed by atoms with Crippen molar-refractivity contribution in [2.24, 2.45) is 0 Å². The second-order valence-corrected chi connectivity index (χ2v) is 3.35. The van der Waals surface area contributed by atoms with Crippen molar-refractivity contribution in [2.75, 3.05) is 7.11 Å². The summed E-state index contributed by atoms with van der Waals surface area (Å²) in [6, 6.07) is 2.96. The van der Waals surface area contributed by atoms with Crippen molar-refractivity contribution in [2.45, 2.75) is 12.8 Å². The van der Waals surface area contributed by atoms with E-state index in [2.05, 4.69) is 0 Å². The lowest BCUT2D eigenvalue weighted by Gasteiger charge is -2.09. The number of phenolic OH excluding ortho intramolecular Hbond substituents is 1. The molecule has 0 spiro atoms. The highest BCUT2D eigenvalue weighted by Crippen LogP contribution is 2.34. The Kier molecular flexibility index (Phi) is 3.80. The highest BCUT2D eigenvalue weighted by molar-refractivity contribution is 6.33. The number of carbonyl (C=O) groups is 1. The van der Waals surface area contributed by atoms with Gasteiger partial charge in [0.25, 0.3) is 0 Å². The van der Waals surface area contributed by atoms with Crippen LogP contribution in [0.4, 0.5) is 0 Å². The maximum Gasteiger partial charge on any atom is 0.303 e. The van der Waals surface area contributed by atoms with Crippen molar-refractivity contribution in [3.63, 3.8) is 0 Å². The molecule has 2 N–H and O–H groups in total. The average Bonchev–Trinajstić information content (AvgIpc) is 2.17. The van der Waals surface area contributed by atoms with Gasteiger partial charge in [-0.05, 0) is 18.6 Å². The summed E-state index contributed by atoms with van der Waals surface area (Å²) in [6.45, 7) is 0. The normalized spacial score (nSPS) is 10.0. The molecular formula is C10H11ClO4. The van der Waals surface area contributed by atoms with E-state index in [-0.39, 0.29) is 23.6 Å². The zero-order valence-electron chi connectivity index (χ0n) is 8.16. The highest BCUT2D eigenvalue weighted by atomic mass is 35.5. The number of halogens is 1. The maximum atomic E-state index is 10.4. The van der Waals surface area contributed by atoms with Gasteiger partial charge in [-0.25, -0.2) is 0 Å². The fourth-order valence-electron chi connectivity index (χ4n) is 1.22. The molecule has 82 valence electrons. The minimum atomic E-state index is -0.937. The average molecular weight is 231 g/mol. The molecule has 0 saturated carbocycles. The quantitative estimate of drug-likeness (QED) is 0.831. The summed E-state index contributed by atoms with van der Waals surface area (Å²) in [5.74, 6) is -0.523. The number of carboxylic acids is 1. The minimum Gasteiger partial charge on any atom is -0.508 e. The van der Waals surface area contributed by atoms with Crippen LogP contribution in [0.1, 0.15) is 12.0 Å². The van der Waals surface area contributed by atoms with E-state index < -0.39 is 5.97 Å². The monoisotopic (exact) mass is 230 g/mol. The van der Waals surface area contributed by atoms with Gasteiger partial charge in [-0.15, -0.1) is 0 Å². The third-order valence-corrected chi connectivity index (χ3v) is 2.41. The van der Waals surface area contributed by atoms with Crippen molar-refractivity contribution in [1.82, 2.24) is 0 Å². The van der Waals surface area contributed by atoms with Gasteiger partial charge >= 0.3 is 5.97 Å². The molecule has 0 saturated heterocycles. The van der Waals surface area contributed by atoms with E-state index in [4.69, 9.17) is 21.4 Å². The molecule has 0 bridgehead atoms. The van der Waals surface area contributed by atoms with Gasteiger partial charge in [0.1, 0.15) is 11.5 Å². The Morgan fingerprint density at radius 3 is 2.73 bits per heavy atom. The topological polar surface area (TPSA) is 66.8 Å². The molecule has 0 heterocycles. The number of aromatic hydroxyl groups is 1. The first-order valence-electron chi connectivity index (χ1n) is 4.32. The van der Waals surface area contributed by atoms with Crippen LogP contribution in [0.25, 0.3) is 0 Å². The maximum absolute atomic E-state index is 10.4. The van der Waals surface area contributed by atoms with Crippen LogP contribution < -0.4 is 4.74 Å². The fourth-order valence-corrected chi connectivity index (χ4v) is 1.55. The second kappa shape index (κ2) is 4.89. The highest BCUT2D eigenvalue weighted by Gasteiger charge is 2.12. The predicted molar refractivity (Wildman–Crippen MR) is 55.6 cm³/mol. The number of ether oxygens (including phenoxy) is 1. The van der Waals surface area contributed by atoms with Gasteiger partial charge in [0, 0.05) is 12.0 Å². The molecule has 0 aliphatic rings. The van der Waals surface area contributed by atoms with Gasteiger partial charge in [-0.3, -0.25) is 4.79 Å². The molecule has 0 atom stereocenters. The van der Waals surface area contributed by atoms with Crippen LogP contribution in [0.2, 0.25) is 5.02 Å². The van der Waals surface area contributed by atoms with Gasteiger partial charge in [-0.1, -0.05) is 11.6 Å². The van der Waals surface area contributed by atoms with Crippen molar-refractivity contribution < 1.29 is 19.7 Å². The molecular weight excluding hydrogens is 220 g/mol. The van der Waals surface area contributed by atoms with Crippen molar-refractivity contribution in [3.8, 4) is 11.5 Å². The number of carboxylic acid groups (broad SMARTS) is 1. The first-order valence-corrected chi connectivity index (χ1v) is 4.70. The summed E-state index contributed by atoms with van der Waals surface area (Å²) in [5, 5.41) is 18.3. The Hall–Kier alpha value is -1.42. The largest absolute Gasteiger partial charge is 0.508 e. The lowest BCUT2D eigenvalue weighted by molar-refractivity contribution is -0.136. The van der Waals surface area contributed by atoms with Crippen molar-refractivity contribution in [1.29, 1.82) is 0 Å². The van der Waals surface area contributed by atoms with Crippen LogP contribution in [0.3, 0.4) is 0 Å². The molecule has 0 amide bonds. The van der Waals surface area contributed by atoms with Crippen molar-refractivity contribution in [3.05, 3.63) is 22.7 Å². The second-order valence-electron chi connectivity index (χ2n) is 2.97. The summed E-state index contributed by atoms with van der Waals surface area (Å²) < 4.78 is 4.96. The van der Waals surface area contributed by atoms with E-state index >= 15 is 0 Å². The Morgan fingerprint density at radius 2 is 2.20 bits per heavy atom. The van der Waals surface area contributed by atoms with E-state index in [1.165, 1.54) is 19.2 Å². The third-order valence-electron chi connectivity index (χ3n) is 1.99. The number of rotatable bonds is 4. The van der Waals surface area contributed by atoms with E-state index in [1.807, 2.05) is 0 Å². The molecule has 1 rings (SSSR count). The summed E-state index contributed by atoms with van der Waals surface area (Å²) in [7, 11) is 1.46. The standard InChI is InChI=1S/C10H11ClO4/c1-15-8-4-3-7(12)6(10(8)11)2-5-9(13)14/h3-4,12H,2,5H2,1H3,(H,13,14). The smallest absolute Gasteiger partial charge is 0.303 e. The lowest BCUT2D eigenvalue weighted by Crippen LogP contribution is -1.99. The molecule has 1 aromatic rings. The van der Waals surface area contributed by atoms with E-state index in [1.54, 1.807) is 0 Å². The first-order chi connectivity index (χ1) is 7.06. The van der Waals surface area contributed by atoms with Crippen LogP contribution in [0.15, 0.2) is 12.1 Å². The molecule has 1 aromatic carbocycles. The zero-order valence-corrected chi connectivity index (χ0v) is 8.91. The number of hydrogen-bond donors (Lipinski definition) is 2. The van der Waals surface area contributed by atoms with Crippen LogP contribution in [-0.4, -0.2) is 23.3 Å². The number of methoxy groups -OCH3 is 1. The van der Waals surface area contributed by atoms with E-state index in [0.29, 0.717) is 11.3 Å². The number of phenols is 1.